The zero-order chi connectivity index (χ0) is 12.5. The van der Waals surface area contributed by atoms with Gasteiger partial charge in [0, 0.05) is 11.7 Å². The smallest absolute Gasteiger partial charge is 0.0994 e. The van der Waals surface area contributed by atoms with Crippen LogP contribution in [0.3, 0.4) is 0 Å². The molecule has 1 aromatic carbocycles. The molecule has 0 aliphatic carbocycles. The molecule has 1 atom stereocenters. The number of aryl methyl sites for hydroxylation is 2. The maximum absolute atomic E-state index is 4.33. The first-order chi connectivity index (χ1) is 8.75. The Morgan fingerprint density at radius 3 is 2.94 bits per heavy atom. The third-order valence-corrected chi connectivity index (χ3v) is 3.70. The summed E-state index contributed by atoms with van der Waals surface area (Å²) < 4.78 is 2.22. The van der Waals surface area contributed by atoms with E-state index in [0.29, 0.717) is 6.04 Å². The molecule has 1 aliphatic rings. The van der Waals surface area contributed by atoms with Crippen LogP contribution in [0.5, 0.6) is 0 Å². The van der Waals surface area contributed by atoms with Gasteiger partial charge in [0.1, 0.15) is 0 Å². The molecule has 18 heavy (non-hydrogen) atoms. The van der Waals surface area contributed by atoms with Gasteiger partial charge in [-0.1, -0.05) is 17.7 Å². The maximum Gasteiger partial charge on any atom is 0.0994 e. The van der Waals surface area contributed by atoms with Crippen LogP contribution >= 0.6 is 0 Å². The Bertz CT molecular complexity index is 551. The average molecular weight is 241 g/mol. The van der Waals surface area contributed by atoms with Crippen LogP contribution in [-0.4, -0.2) is 16.1 Å². The molecule has 1 aliphatic heterocycles. The van der Waals surface area contributed by atoms with E-state index in [1.807, 2.05) is 12.5 Å². The van der Waals surface area contributed by atoms with Gasteiger partial charge in [0.15, 0.2) is 0 Å². The normalized spacial score (nSPS) is 19.3. The Hall–Kier alpha value is -1.61. The van der Waals surface area contributed by atoms with E-state index < -0.39 is 0 Å². The number of nitrogens with one attached hydrogen (secondary N) is 1. The first kappa shape index (κ1) is 11.5. The van der Waals surface area contributed by atoms with E-state index in [1.54, 1.807) is 0 Å². The molecular formula is C15H19N3. The van der Waals surface area contributed by atoms with Crippen molar-refractivity contribution in [1.82, 2.24) is 14.9 Å². The van der Waals surface area contributed by atoms with E-state index in [-0.39, 0.29) is 0 Å². The molecule has 3 nitrogen and oxygen atoms in total. The molecule has 1 unspecified atom stereocenters. The van der Waals surface area contributed by atoms with Gasteiger partial charge < -0.3 is 9.88 Å². The lowest BCUT2D eigenvalue weighted by atomic mass is 10.1. The fourth-order valence-electron chi connectivity index (χ4n) is 2.78. The molecule has 1 aromatic heterocycles. The summed E-state index contributed by atoms with van der Waals surface area (Å²) in [6.07, 6.45) is 6.37. The minimum atomic E-state index is 0.452. The second kappa shape index (κ2) is 4.58. The summed E-state index contributed by atoms with van der Waals surface area (Å²) in [6.45, 7) is 5.40. The molecule has 1 saturated heterocycles. The Morgan fingerprint density at radius 1 is 1.33 bits per heavy atom. The largest absolute Gasteiger partial charge is 0.309 e. The van der Waals surface area contributed by atoms with Crippen LogP contribution in [0.25, 0.3) is 5.69 Å². The van der Waals surface area contributed by atoms with Crippen molar-refractivity contribution in [2.75, 3.05) is 6.54 Å². The summed E-state index contributed by atoms with van der Waals surface area (Å²) in [5.74, 6) is 0. The van der Waals surface area contributed by atoms with Crippen molar-refractivity contribution in [2.45, 2.75) is 32.7 Å². The molecular weight excluding hydrogens is 222 g/mol. The lowest BCUT2D eigenvalue weighted by molar-refractivity contribution is 0.614. The quantitative estimate of drug-likeness (QED) is 0.876. The SMILES string of the molecule is Cc1ccc(-n2cncc2C2CCCN2)c(C)c1. The maximum atomic E-state index is 4.33. The lowest BCUT2D eigenvalue weighted by Gasteiger charge is -2.16. The van der Waals surface area contributed by atoms with Crippen molar-refractivity contribution in [2.24, 2.45) is 0 Å². The van der Waals surface area contributed by atoms with E-state index in [1.165, 1.54) is 35.3 Å². The summed E-state index contributed by atoms with van der Waals surface area (Å²) in [4.78, 5) is 4.33. The highest BCUT2D eigenvalue weighted by Crippen LogP contribution is 2.26. The lowest BCUT2D eigenvalue weighted by Crippen LogP contribution is -2.16. The number of benzene rings is 1. The Kier molecular flexibility index (Phi) is 2.92. The number of imidazole rings is 1. The zero-order valence-corrected chi connectivity index (χ0v) is 11.0. The Labute approximate surface area is 108 Å². The second-order valence-electron chi connectivity index (χ2n) is 5.13. The van der Waals surface area contributed by atoms with E-state index in [4.69, 9.17) is 0 Å². The summed E-state index contributed by atoms with van der Waals surface area (Å²) in [5.41, 5.74) is 5.12. The number of hydrogen-bond acceptors (Lipinski definition) is 2. The van der Waals surface area contributed by atoms with Gasteiger partial charge in [-0.2, -0.15) is 0 Å². The van der Waals surface area contributed by atoms with Gasteiger partial charge in [0.25, 0.3) is 0 Å². The fraction of sp³-hybridized carbons (Fsp3) is 0.400. The van der Waals surface area contributed by atoms with Gasteiger partial charge >= 0.3 is 0 Å². The van der Waals surface area contributed by atoms with Crippen LogP contribution in [0, 0.1) is 13.8 Å². The molecule has 94 valence electrons. The van der Waals surface area contributed by atoms with Crippen LogP contribution in [0.2, 0.25) is 0 Å². The molecule has 3 rings (SSSR count). The first-order valence-corrected chi connectivity index (χ1v) is 6.59. The molecule has 1 N–H and O–H groups in total. The van der Waals surface area contributed by atoms with Crippen LogP contribution in [0.15, 0.2) is 30.7 Å². The summed E-state index contributed by atoms with van der Waals surface area (Å²) in [7, 11) is 0. The number of aromatic nitrogens is 2. The van der Waals surface area contributed by atoms with Gasteiger partial charge in [0.05, 0.1) is 18.2 Å². The minimum absolute atomic E-state index is 0.452. The standard InChI is InChI=1S/C15H19N3/c1-11-5-6-14(12(2)8-11)18-10-16-9-15(18)13-4-3-7-17-13/h5-6,8-10,13,17H,3-4,7H2,1-2H3. The summed E-state index contributed by atoms with van der Waals surface area (Å²) >= 11 is 0. The minimum Gasteiger partial charge on any atom is -0.309 e. The number of rotatable bonds is 2. The van der Waals surface area contributed by atoms with E-state index in [0.717, 1.165) is 6.54 Å². The van der Waals surface area contributed by atoms with Gasteiger partial charge in [-0.05, 0) is 44.9 Å². The van der Waals surface area contributed by atoms with E-state index in [9.17, 15) is 0 Å². The highest BCUT2D eigenvalue weighted by molar-refractivity contribution is 5.44. The van der Waals surface area contributed by atoms with Crippen molar-refractivity contribution in [3.63, 3.8) is 0 Å². The predicted molar refractivity (Wildman–Crippen MR) is 73.0 cm³/mol. The number of hydrogen-bond donors (Lipinski definition) is 1. The molecule has 1 fully saturated rings. The highest BCUT2D eigenvalue weighted by atomic mass is 15.1. The summed E-state index contributed by atoms with van der Waals surface area (Å²) in [6, 6.07) is 7.02. The van der Waals surface area contributed by atoms with E-state index in [2.05, 4.69) is 46.9 Å². The van der Waals surface area contributed by atoms with Crippen molar-refractivity contribution in [3.8, 4) is 5.69 Å². The van der Waals surface area contributed by atoms with Crippen LogP contribution in [0.4, 0.5) is 0 Å². The molecule has 2 aromatic rings. The third-order valence-electron chi connectivity index (χ3n) is 3.70. The zero-order valence-electron chi connectivity index (χ0n) is 11.0. The van der Waals surface area contributed by atoms with Gasteiger partial charge in [-0.25, -0.2) is 4.98 Å². The second-order valence-corrected chi connectivity index (χ2v) is 5.13. The van der Waals surface area contributed by atoms with E-state index >= 15 is 0 Å². The van der Waals surface area contributed by atoms with Gasteiger partial charge in [-0.3, -0.25) is 0 Å². The van der Waals surface area contributed by atoms with Crippen LogP contribution in [0.1, 0.15) is 35.7 Å². The highest BCUT2D eigenvalue weighted by Gasteiger charge is 2.20. The fourth-order valence-corrected chi connectivity index (χ4v) is 2.78. The molecule has 0 amide bonds. The predicted octanol–water partition coefficient (Wildman–Crippen LogP) is 2.91. The number of nitrogens with zero attached hydrogens (tertiary/aromatic N) is 2. The van der Waals surface area contributed by atoms with Crippen molar-refractivity contribution in [3.05, 3.63) is 47.5 Å². The van der Waals surface area contributed by atoms with Crippen molar-refractivity contribution in [1.29, 1.82) is 0 Å². The van der Waals surface area contributed by atoms with Crippen molar-refractivity contribution < 1.29 is 0 Å². The molecule has 0 saturated carbocycles. The Morgan fingerprint density at radius 2 is 2.22 bits per heavy atom. The van der Waals surface area contributed by atoms with Crippen molar-refractivity contribution >= 4 is 0 Å². The molecule has 2 heterocycles. The monoisotopic (exact) mass is 241 g/mol. The topological polar surface area (TPSA) is 29.9 Å². The third kappa shape index (κ3) is 1.95. The molecule has 0 radical (unpaired) electrons. The van der Waals surface area contributed by atoms with Gasteiger partial charge in [-0.15, -0.1) is 0 Å². The first-order valence-electron chi connectivity index (χ1n) is 6.59. The molecule has 0 spiro atoms. The Balaban J connectivity index is 2.03. The average Bonchev–Trinajstić information content (AvgIpc) is 2.98. The van der Waals surface area contributed by atoms with Crippen LogP contribution < -0.4 is 5.32 Å². The van der Waals surface area contributed by atoms with Crippen LogP contribution in [-0.2, 0) is 0 Å². The summed E-state index contributed by atoms with van der Waals surface area (Å²) in [5, 5.41) is 3.54. The van der Waals surface area contributed by atoms with Gasteiger partial charge in [0.2, 0.25) is 0 Å². The molecule has 3 heteroatoms. The molecule has 0 bridgehead atoms.